The largest absolute Gasteiger partial charge is 0.478 e. The lowest BCUT2D eigenvalue weighted by atomic mass is 9.88. The first-order valence-corrected chi connectivity index (χ1v) is 5.89. The Morgan fingerprint density at radius 3 is 2.47 bits per heavy atom. The first-order chi connectivity index (χ1) is 7.73. The van der Waals surface area contributed by atoms with Crippen LogP contribution in [-0.2, 0) is 0 Å². The normalized spacial score (nSPS) is 13.2. The Balaban J connectivity index is 3.07. The Labute approximate surface area is 107 Å². The van der Waals surface area contributed by atoms with Crippen LogP contribution in [0.3, 0.4) is 0 Å². The fourth-order valence-electron chi connectivity index (χ4n) is 1.31. The third-order valence-corrected chi connectivity index (χ3v) is 3.21. The summed E-state index contributed by atoms with van der Waals surface area (Å²) >= 11 is 5.90. The third kappa shape index (κ3) is 3.37. The van der Waals surface area contributed by atoms with Crippen LogP contribution in [0.1, 0.15) is 38.1 Å². The van der Waals surface area contributed by atoms with Crippen molar-refractivity contribution in [2.45, 2.75) is 33.7 Å². The van der Waals surface area contributed by atoms with E-state index < -0.39 is 5.97 Å². The smallest absolute Gasteiger partial charge is 0.339 e. The monoisotopic (exact) mass is 255 g/mol. The number of halogens is 1. The van der Waals surface area contributed by atoms with Crippen LogP contribution in [0, 0.1) is 5.41 Å². The summed E-state index contributed by atoms with van der Waals surface area (Å²) in [6.07, 6.45) is 0. The lowest BCUT2D eigenvalue weighted by Crippen LogP contribution is -2.31. The zero-order chi connectivity index (χ0) is 13.2. The molecule has 0 radical (unpaired) electrons. The van der Waals surface area contributed by atoms with Crippen molar-refractivity contribution in [2.75, 3.05) is 5.32 Å². The number of nitrogens with one attached hydrogen (secondary N) is 1. The van der Waals surface area contributed by atoms with Gasteiger partial charge in [0, 0.05) is 6.04 Å². The van der Waals surface area contributed by atoms with E-state index in [0.717, 1.165) is 0 Å². The summed E-state index contributed by atoms with van der Waals surface area (Å²) in [5, 5.41) is 12.6. The van der Waals surface area contributed by atoms with Crippen LogP contribution in [-0.4, -0.2) is 17.1 Å². The minimum Gasteiger partial charge on any atom is -0.478 e. The highest BCUT2D eigenvalue weighted by Gasteiger charge is 2.22. The summed E-state index contributed by atoms with van der Waals surface area (Å²) in [5.41, 5.74) is 0.732. The Bertz CT molecular complexity index is 424. The molecule has 4 heteroatoms. The van der Waals surface area contributed by atoms with Crippen molar-refractivity contribution in [3.05, 3.63) is 28.8 Å². The molecule has 0 bridgehead atoms. The van der Waals surface area contributed by atoms with Gasteiger partial charge in [0.25, 0.3) is 0 Å². The molecule has 3 nitrogen and oxygen atoms in total. The summed E-state index contributed by atoms with van der Waals surface area (Å²) in [5.74, 6) is -1.01. The summed E-state index contributed by atoms with van der Waals surface area (Å²) < 4.78 is 0. The van der Waals surface area contributed by atoms with E-state index in [-0.39, 0.29) is 22.0 Å². The number of carboxylic acids is 1. The number of carbonyl (C=O) groups is 1. The van der Waals surface area contributed by atoms with Crippen LogP contribution < -0.4 is 5.32 Å². The van der Waals surface area contributed by atoms with Gasteiger partial charge in [0.1, 0.15) is 5.56 Å². The third-order valence-electron chi connectivity index (χ3n) is 2.90. The van der Waals surface area contributed by atoms with Crippen molar-refractivity contribution < 1.29 is 9.90 Å². The van der Waals surface area contributed by atoms with Crippen molar-refractivity contribution in [3.63, 3.8) is 0 Å². The van der Waals surface area contributed by atoms with Gasteiger partial charge in [-0.15, -0.1) is 0 Å². The highest BCUT2D eigenvalue weighted by Crippen LogP contribution is 2.28. The van der Waals surface area contributed by atoms with Gasteiger partial charge in [-0.2, -0.15) is 0 Å². The molecule has 0 spiro atoms. The first kappa shape index (κ1) is 13.8. The predicted molar refractivity (Wildman–Crippen MR) is 71.0 cm³/mol. The molecule has 1 unspecified atom stereocenters. The second-order valence-electron chi connectivity index (χ2n) is 5.20. The maximum Gasteiger partial charge on any atom is 0.339 e. The zero-order valence-electron chi connectivity index (χ0n) is 10.5. The van der Waals surface area contributed by atoms with E-state index >= 15 is 0 Å². The lowest BCUT2D eigenvalue weighted by molar-refractivity contribution is 0.0698. The average molecular weight is 256 g/mol. The summed E-state index contributed by atoms with van der Waals surface area (Å²) in [7, 11) is 0. The average Bonchev–Trinajstić information content (AvgIpc) is 2.15. The fourth-order valence-corrected chi connectivity index (χ4v) is 1.57. The van der Waals surface area contributed by atoms with Crippen LogP contribution >= 0.6 is 11.6 Å². The van der Waals surface area contributed by atoms with Crippen LogP contribution in [0.5, 0.6) is 0 Å². The number of hydrogen-bond acceptors (Lipinski definition) is 2. The van der Waals surface area contributed by atoms with E-state index in [0.29, 0.717) is 5.69 Å². The quantitative estimate of drug-likeness (QED) is 0.862. The van der Waals surface area contributed by atoms with Crippen LogP contribution in [0.4, 0.5) is 5.69 Å². The van der Waals surface area contributed by atoms with Gasteiger partial charge in [0.2, 0.25) is 0 Å². The molecule has 0 aliphatic carbocycles. The molecule has 1 aromatic rings. The molecule has 0 saturated heterocycles. The molecular formula is C13H18ClNO2. The van der Waals surface area contributed by atoms with E-state index in [1.54, 1.807) is 18.2 Å². The minimum atomic E-state index is -1.01. The van der Waals surface area contributed by atoms with E-state index in [1.165, 1.54) is 0 Å². The maximum atomic E-state index is 11.1. The maximum absolute atomic E-state index is 11.1. The highest BCUT2D eigenvalue weighted by atomic mass is 35.5. The highest BCUT2D eigenvalue weighted by molar-refractivity contribution is 6.34. The Morgan fingerprint density at radius 1 is 1.41 bits per heavy atom. The number of benzene rings is 1. The second kappa shape index (κ2) is 4.96. The van der Waals surface area contributed by atoms with Gasteiger partial charge in [-0.05, 0) is 24.5 Å². The summed E-state index contributed by atoms with van der Waals surface area (Å²) in [4.78, 5) is 11.1. The first-order valence-electron chi connectivity index (χ1n) is 5.52. The number of rotatable bonds is 3. The summed E-state index contributed by atoms with van der Waals surface area (Å²) in [6.45, 7) is 8.30. The predicted octanol–water partition coefficient (Wildman–Crippen LogP) is 3.88. The van der Waals surface area contributed by atoms with Gasteiger partial charge in [-0.1, -0.05) is 38.4 Å². The molecule has 0 aliphatic heterocycles. The van der Waals surface area contributed by atoms with Crippen molar-refractivity contribution >= 4 is 23.3 Å². The molecule has 0 aromatic heterocycles. The Kier molecular flexibility index (Phi) is 4.04. The molecule has 1 aromatic carbocycles. The van der Waals surface area contributed by atoms with Gasteiger partial charge in [0.05, 0.1) is 10.7 Å². The van der Waals surface area contributed by atoms with Gasteiger partial charge in [-0.3, -0.25) is 0 Å². The van der Waals surface area contributed by atoms with E-state index in [4.69, 9.17) is 16.7 Å². The van der Waals surface area contributed by atoms with E-state index in [2.05, 4.69) is 26.1 Å². The number of carboxylic acid groups (broad SMARTS) is 1. The van der Waals surface area contributed by atoms with Crippen molar-refractivity contribution in [1.29, 1.82) is 0 Å². The number of aromatic carboxylic acids is 1. The molecule has 0 saturated carbocycles. The minimum absolute atomic E-state index is 0.0398. The van der Waals surface area contributed by atoms with Crippen LogP contribution in [0.2, 0.25) is 5.02 Å². The van der Waals surface area contributed by atoms with Gasteiger partial charge in [-0.25, -0.2) is 4.79 Å². The fraction of sp³-hybridized carbons (Fsp3) is 0.462. The molecule has 0 fully saturated rings. The molecule has 0 heterocycles. The van der Waals surface area contributed by atoms with E-state index in [9.17, 15) is 4.79 Å². The van der Waals surface area contributed by atoms with Gasteiger partial charge >= 0.3 is 5.97 Å². The van der Waals surface area contributed by atoms with Crippen LogP contribution in [0.25, 0.3) is 0 Å². The molecule has 1 atom stereocenters. The van der Waals surface area contributed by atoms with Crippen LogP contribution in [0.15, 0.2) is 18.2 Å². The molecule has 17 heavy (non-hydrogen) atoms. The number of hydrogen-bond donors (Lipinski definition) is 2. The molecule has 0 amide bonds. The molecular weight excluding hydrogens is 238 g/mol. The molecule has 94 valence electrons. The van der Waals surface area contributed by atoms with Crippen molar-refractivity contribution in [1.82, 2.24) is 0 Å². The topological polar surface area (TPSA) is 49.3 Å². The van der Waals surface area contributed by atoms with Gasteiger partial charge in [0.15, 0.2) is 0 Å². The second-order valence-corrected chi connectivity index (χ2v) is 5.61. The summed E-state index contributed by atoms with van der Waals surface area (Å²) in [6, 6.07) is 5.20. The zero-order valence-corrected chi connectivity index (χ0v) is 11.3. The lowest BCUT2D eigenvalue weighted by Gasteiger charge is -2.29. The standard InChI is InChI=1S/C13H18ClNO2/c1-8(13(2,3)4)15-10-7-5-6-9(14)11(10)12(16)17/h5-8,15H,1-4H3,(H,16,17). The Morgan fingerprint density at radius 2 is 2.00 bits per heavy atom. The van der Waals surface area contributed by atoms with Gasteiger partial charge < -0.3 is 10.4 Å². The molecule has 2 N–H and O–H groups in total. The van der Waals surface area contributed by atoms with E-state index in [1.807, 2.05) is 6.92 Å². The van der Waals surface area contributed by atoms with Crippen molar-refractivity contribution in [3.8, 4) is 0 Å². The SMILES string of the molecule is CC(Nc1cccc(Cl)c1C(=O)O)C(C)(C)C. The van der Waals surface area contributed by atoms with Crippen molar-refractivity contribution in [2.24, 2.45) is 5.41 Å². The Hall–Kier alpha value is -1.22. The number of anilines is 1. The molecule has 0 aliphatic rings. The molecule has 1 rings (SSSR count).